The van der Waals surface area contributed by atoms with Gasteiger partial charge in [0.2, 0.25) is 0 Å². The normalized spacial score (nSPS) is 14.0. The van der Waals surface area contributed by atoms with Crippen molar-refractivity contribution in [1.82, 2.24) is 0 Å². The molecule has 0 atom stereocenters. The van der Waals surface area contributed by atoms with Crippen molar-refractivity contribution >= 4 is 55.2 Å². The summed E-state index contributed by atoms with van der Waals surface area (Å²) in [6, 6.07) is 47.6. The van der Waals surface area contributed by atoms with E-state index in [0.29, 0.717) is 5.75 Å². The predicted molar refractivity (Wildman–Crippen MR) is 210 cm³/mol. The van der Waals surface area contributed by atoms with E-state index in [4.69, 9.17) is 0 Å². The summed E-state index contributed by atoms with van der Waals surface area (Å²) < 4.78 is 1.36. The first-order valence-corrected chi connectivity index (χ1v) is 17.9. The summed E-state index contributed by atoms with van der Waals surface area (Å²) in [6.45, 7) is 0. The van der Waals surface area contributed by atoms with Crippen LogP contribution in [0.1, 0.15) is 35.3 Å². The number of phenols is 1. The van der Waals surface area contributed by atoms with Crippen LogP contribution in [0.3, 0.4) is 0 Å². The highest BCUT2D eigenvalue weighted by atomic mass is 32.1. The highest BCUT2D eigenvalue weighted by molar-refractivity contribution is 7.19. The molecule has 0 unspecified atom stereocenters. The minimum Gasteiger partial charge on any atom is -0.507 e. The minimum atomic E-state index is 0.294. The van der Waals surface area contributed by atoms with Gasteiger partial charge in [-0.2, -0.15) is 0 Å². The van der Waals surface area contributed by atoms with E-state index in [0.717, 1.165) is 48.2 Å². The maximum Gasteiger partial charge on any atom is 0.123 e. The van der Waals surface area contributed by atoms with Crippen molar-refractivity contribution in [2.45, 2.75) is 25.7 Å². The van der Waals surface area contributed by atoms with Gasteiger partial charge in [-0.25, -0.2) is 0 Å². The summed E-state index contributed by atoms with van der Waals surface area (Å²) in [7, 11) is 0. The van der Waals surface area contributed by atoms with Crippen molar-refractivity contribution in [3.63, 3.8) is 0 Å². The van der Waals surface area contributed by atoms with Gasteiger partial charge in [0.15, 0.2) is 0 Å². The van der Waals surface area contributed by atoms with Crippen molar-refractivity contribution < 1.29 is 5.11 Å². The van der Waals surface area contributed by atoms with Gasteiger partial charge in [0.05, 0.1) is 0 Å². The summed E-state index contributed by atoms with van der Waals surface area (Å²) in [5.74, 6) is 0.294. The molecule has 236 valence electrons. The molecule has 0 radical (unpaired) electrons. The highest BCUT2D eigenvalue weighted by Gasteiger charge is 2.23. The molecule has 0 amide bonds. The zero-order chi connectivity index (χ0) is 32.7. The smallest absolute Gasteiger partial charge is 0.123 e. The summed E-state index contributed by atoms with van der Waals surface area (Å²) in [6.07, 6.45) is 13.1. The fraction of sp³-hybridized carbons (Fsp3) is 0.0870. The summed E-state index contributed by atoms with van der Waals surface area (Å²) >= 11 is 1.93. The monoisotopic (exact) mass is 649 g/mol. The van der Waals surface area contributed by atoms with E-state index in [1.165, 1.54) is 59.3 Å². The number of allylic oxidation sites excluding steroid dienone is 5. The van der Waals surface area contributed by atoms with Crippen LogP contribution in [0.15, 0.2) is 157 Å². The fourth-order valence-corrected chi connectivity index (χ4v) is 8.70. The number of rotatable bonds is 6. The highest BCUT2D eigenvalue weighted by Crippen LogP contribution is 2.43. The van der Waals surface area contributed by atoms with E-state index >= 15 is 0 Å². The Morgan fingerprint density at radius 1 is 0.551 bits per heavy atom. The number of phenolic OH excluding ortho intramolecular Hbond substituents is 1. The molecule has 1 heterocycles. The lowest BCUT2D eigenvalue weighted by atomic mass is 9.93. The van der Waals surface area contributed by atoms with Crippen molar-refractivity contribution in [2.24, 2.45) is 0 Å². The summed E-state index contributed by atoms with van der Waals surface area (Å²) in [5.41, 5.74) is 11.5. The standard InChI is InChI=1S/C46H35NOS/c48-44-21-7-4-17-40(44)39-16-3-6-20-43(39)47(35-26-23-32(24-27-35)38-19-10-12-31-11-1-2-15-37(31)38)36-14-9-13-33(29-36)34-25-28-46-42(30-34)41-18-5-8-22-45(41)49-46/h1-5,7,9-19,21,23-30,48H,6,8,20,22H2. The van der Waals surface area contributed by atoms with Crippen LogP contribution in [0.5, 0.6) is 5.75 Å². The van der Waals surface area contributed by atoms with Crippen LogP contribution in [0.4, 0.5) is 11.4 Å². The van der Waals surface area contributed by atoms with Gasteiger partial charge in [0, 0.05) is 43.2 Å². The van der Waals surface area contributed by atoms with Gasteiger partial charge in [-0.1, -0.05) is 115 Å². The molecule has 1 aromatic heterocycles. The van der Waals surface area contributed by atoms with Gasteiger partial charge in [0.1, 0.15) is 5.75 Å². The summed E-state index contributed by atoms with van der Waals surface area (Å²) in [4.78, 5) is 3.89. The Kier molecular flexibility index (Phi) is 7.48. The van der Waals surface area contributed by atoms with Crippen molar-refractivity contribution in [2.75, 3.05) is 4.90 Å². The van der Waals surface area contributed by atoms with E-state index in [-0.39, 0.29) is 0 Å². The SMILES string of the molecule is Oc1ccccc1C1=C(N(c2ccc(-c3cccc4ccccc34)cc2)c2cccc(-c3ccc4sc5c(c4c3)C=CCC5)c2)CCC=C1. The number of thiophene rings is 1. The molecular formula is C46H35NOS. The van der Waals surface area contributed by atoms with E-state index in [2.05, 4.69) is 138 Å². The number of fused-ring (bicyclic) bond motifs is 4. The molecule has 0 fully saturated rings. The number of aryl methyl sites for hydroxylation is 1. The third kappa shape index (κ3) is 5.37. The van der Waals surface area contributed by atoms with Crippen LogP contribution in [0.2, 0.25) is 0 Å². The Labute approximate surface area is 291 Å². The topological polar surface area (TPSA) is 23.5 Å². The van der Waals surface area contributed by atoms with Crippen LogP contribution in [0, 0.1) is 0 Å². The Balaban J connectivity index is 1.19. The Bertz CT molecular complexity index is 2460. The number of hydrogen-bond donors (Lipinski definition) is 1. The second kappa shape index (κ2) is 12.4. The van der Waals surface area contributed by atoms with E-state index in [1.807, 2.05) is 29.5 Å². The molecule has 7 aromatic rings. The van der Waals surface area contributed by atoms with Gasteiger partial charge in [-0.15, -0.1) is 11.3 Å². The molecule has 1 N–H and O–H groups in total. The van der Waals surface area contributed by atoms with Crippen LogP contribution < -0.4 is 4.90 Å². The van der Waals surface area contributed by atoms with Crippen LogP contribution in [-0.4, -0.2) is 5.11 Å². The van der Waals surface area contributed by atoms with Gasteiger partial charge in [-0.05, 0) is 107 Å². The molecule has 0 spiro atoms. The lowest BCUT2D eigenvalue weighted by molar-refractivity contribution is 0.473. The first-order chi connectivity index (χ1) is 24.2. The minimum absolute atomic E-state index is 0.294. The molecule has 2 aliphatic carbocycles. The molecule has 49 heavy (non-hydrogen) atoms. The number of benzene rings is 6. The maximum absolute atomic E-state index is 11.0. The molecular weight excluding hydrogens is 615 g/mol. The second-order valence-corrected chi connectivity index (χ2v) is 14.0. The average molecular weight is 650 g/mol. The predicted octanol–water partition coefficient (Wildman–Crippen LogP) is 13.0. The molecule has 0 bridgehead atoms. The molecule has 9 rings (SSSR count). The van der Waals surface area contributed by atoms with Gasteiger partial charge in [-0.3, -0.25) is 0 Å². The number of para-hydroxylation sites is 1. The van der Waals surface area contributed by atoms with Gasteiger partial charge < -0.3 is 10.0 Å². The Morgan fingerprint density at radius 2 is 1.29 bits per heavy atom. The van der Waals surface area contributed by atoms with E-state index in [1.54, 1.807) is 6.07 Å². The first kappa shape index (κ1) is 29.5. The van der Waals surface area contributed by atoms with Crippen molar-refractivity contribution in [3.8, 4) is 28.0 Å². The van der Waals surface area contributed by atoms with E-state index < -0.39 is 0 Å². The maximum atomic E-state index is 11.0. The molecule has 2 aliphatic rings. The van der Waals surface area contributed by atoms with Crippen LogP contribution in [-0.2, 0) is 6.42 Å². The molecule has 0 saturated carbocycles. The lowest BCUT2D eigenvalue weighted by Gasteiger charge is -2.32. The van der Waals surface area contributed by atoms with Crippen molar-refractivity contribution in [1.29, 1.82) is 0 Å². The second-order valence-electron chi connectivity index (χ2n) is 12.9. The van der Waals surface area contributed by atoms with Gasteiger partial charge >= 0.3 is 0 Å². The zero-order valence-corrected chi connectivity index (χ0v) is 28.0. The molecule has 2 nitrogen and oxygen atoms in total. The molecule has 3 heteroatoms. The quantitative estimate of drug-likeness (QED) is 0.194. The fourth-order valence-electron chi connectivity index (χ4n) is 7.51. The number of anilines is 2. The van der Waals surface area contributed by atoms with Crippen LogP contribution in [0.25, 0.3) is 54.8 Å². The Hall–Kier alpha value is -5.64. The van der Waals surface area contributed by atoms with E-state index in [9.17, 15) is 5.11 Å². The third-order valence-corrected chi connectivity index (χ3v) is 11.1. The summed E-state index contributed by atoms with van der Waals surface area (Å²) in [5, 5.41) is 14.9. The molecule has 0 saturated heterocycles. The van der Waals surface area contributed by atoms with Gasteiger partial charge in [0.25, 0.3) is 0 Å². The number of hydrogen-bond acceptors (Lipinski definition) is 3. The van der Waals surface area contributed by atoms with Crippen molar-refractivity contribution in [3.05, 3.63) is 173 Å². The number of aromatic hydroxyl groups is 1. The largest absolute Gasteiger partial charge is 0.507 e. The lowest BCUT2D eigenvalue weighted by Crippen LogP contribution is -2.19. The zero-order valence-electron chi connectivity index (χ0n) is 27.1. The third-order valence-electron chi connectivity index (χ3n) is 9.90. The Morgan fingerprint density at radius 3 is 2.20 bits per heavy atom. The first-order valence-electron chi connectivity index (χ1n) is 17.1. The number of nitrogens with zero attached hydrogens (tertiary/aromatic N) is 1. The molecule has 0 aliphatic heterocycles. The van der Waals surface area contributed by atoms with Crippen LogP contribution >= 0.6 is 11.3 Å². The average Bonchev–Trinajstić information content (AvgIpc) is 3.54. The molecule has 6 aromatic carbocycles.